The highest BCUT2D eigenvalue weighted by Gasteiger charge is 2.25. The van der Waals surface area contributed by atoms with E-state index < -0.39 is 0 Å². The quantitative estimate of drug-likeness (QED) is 0.256. The van der Waals surface area contributed by atoms with Gasteiger partial charge in [0.1, 0.15) is 6.10 Å². The summed E-state index contributed by atoms with van der Waals surface area (Å²) >= 11 is 0. The number of aryl methyl sites for hydroxylation is 2. The van der Waals surface area contributed by atoms with E-state index in [9.17, 15) is 4.79 Å². The molecular formula is C23H32IN5O2. The van der Waals surface area contributed by atoms with Crippen molar-refractivity contribution in [1.29, 1.82) is 0 Å². The molecule has 7 nitrogen and oxygen atoms in total. The zero-order chi connectivity index (χ0) is 21.3. The molecule has 2 heterocycles. The van der Waals surface area contributed by atoms with Crippen molar-refractivity contribution in [2.45, 2.75) is 26.9 Å². The predicted molar refractivity (Wildman–Crippen MR) is 134 cm³/mol. The van der Waals surface area contributed by atoms with E-state index in [1.807, 2.05) is 0 Å². The molecule has 0 bridgehead atoms. The Labute approximate surface area is 201 Å². The highest BCUT2D eigenvalue weighted by molar-refractivity contribution is 14.0. The highest BCUT2D eigenvalue weighted by atomic mass is 127. The largest absolute Gasteiger partial charge is 0.370 e. The molecule has 1 aliphatic heterocycles. The Kier molecular flexibility index (Phi) is 10.2. The van der Waals surface area contributed by atoms with Gasteiger partial charge in [0.15, 0.2) is 5.96 Å². The maximum Gasteiger partial charge on any atom is 0.252 e. The molecule has 3 rings (SSSR count). The molecular weight excluding hydrogens is 505 g/mol. The second-order valence-corrected chi connectivity index (χ2v) is 7.40. The van der Waals surface area contributed by atoms with Crippen LogP contribution < -0.4 is 10.6 Å². The first-order valence-corrected chi connectivity index (χ1v) is 10.5. The van der Waals surface area contributed by atoms with Gasteiger partial charge in [-0.25, -0.2) is 0 Å². The molecule has 0 spiro atoms. The molecule has 2 N–H and O–H groups in total. The predicted octanol–water partition coefficient (Wildman–Crippen LogP) is 3.09. The number of nitrogens with one attached hydrogen (secondary N) is 2. The van der Waals surface area contributed by atoms with Crippen LogP contribution in [0.25, 0.3) is 0 Å². The molecule has 1 unspecified atom stereocenters. The molecule has 1 fully saturated rings. The lowest BCUT2D eigenvalue weighted by Gasteiger charge is -2.36. The maximum absolute atomic E-state index is 12.1. The number of benzene rings is 1. The molecule has 0 radical (unpaired) electrons. The normalized spacial score (nSPS) is 16.4. The van der Waals surface area contributed by atoms with Crippen molar-refractivity contribution < 1.29 is 9.53 Å². The van der Waals surface area contributed by atoms with Crippen molar-refractivity contribution in [3.8, 4) is 0 Å². The van der Waals surface area contributed by atoms with Gasteiger partial charge < -0.3 is 20.3 Å². The summed E-state index contributed by atoms with van der Waals surface area (Å²) in [6, 6.07) is 9.99. The van der Waals surface area contributed by atoms with E-state index in [0.29, 0.717) is 25.3 Å². The van der Waals surface area contributed by atoms with Crippen LogP contribution in [0.1, 0.15) is 40.1 Å². The van der Waals surface area contributed by atoms with Crippen LogP contribution in [0.15, 0.2) is 47.7 Å². The monoisotopic (exact) mass is 537 g/mol. The van der Waals surface area contributed by atoms with Gasteiger partial charge in [-0.2, -0.15) is 0 Å². The molecule has 1 aromatic carbocycles. The summed E-state index contributed by atoms with van der Waals surface area (Å²) in [6.07, 6.45) is 3.23. The van der Waals surface area contributed by atoms with E-state index in [2.05, 4.69) is 59.5 Å². The van der Waals surface area contributed by atoms with Crippen LogP contribution in [-0.2, 0) is 4.74 Å². The summed E-state index contributed by atoms with van der Waals surface area (Å²) in [5.41, 5.74) is 4.29. The molecule has 1 saturated heterocycles. The number of carbonyl (C=O) groups excluding carboxylic acids is 1. The number of aliphatic imine (C=N–C) groups is 1. The fourth-order valence-electron chi connectivity index (χ4n) is 3.57. The molecule has 1 atom stereocenters. The van der Waals surface area contributed by atoms with Crippen molar-refractivity contribution in [1.82, 2.24) is 20.5 Å². The fraction of sp³-hybridized carbons (Fsp3) is 0.435. The van der Waals surface area contributed by atoms with E-state index in [-0.39, 0.29) is 36.0 Å². The molecule has 1 amide bonds. The van der Waals surface area contributed by atoms with Gasteiger partial charge in [0, 0.05) is 32.0 Å². The number of halogens is 1. The molecule has 1 aliphatic rings. The summed E-state index contributed by atoms with van der Waals surface area (Å²) in [6.45, 7) is 10.2. The topological polar surface area (TPSA) is 78.8 Å². The summed E-state index contributed by atoms with van der Waals surface area (Å²) in [4.78, 5) is 23.1. The third-order valence-electron chi connectivity index (χ3n) is 5.06. The maximum atomic E-state index is 12.1. The Bertz CT molecular complexity index is 876. The lowest BCUT2D eigenvalue weighted by molar-refractivity contribution is -0.00832. The smallest absolute Gasteiger partial charge is 0.252 e. The minimum absolute atomic E-state index is 0. The van der Waals surface area contributed by atoms with Gasteiger partial charge in [0.25, 0.3) is 5.91 Å². The van der Waals surface area contributed by atoms with Crippen LogP contribution >= 0.6 is 24.0 Å². The summed E-state index contributed by atoms with van der Waals surface area (Å²) in [5.74, 6) is 0.718. The van der Waals surface area contributed by atoms with Crippen molar-refractivity contribution in [2.75, 3.05) is 39.3 Å². The van der Waals surface area contributed by atoms with E-state index in [4.69, 9.17) is 9.73 Å². The number of carbonyl (C=O) groups is 1. The minimum Gasteiger partial charge on any atom is -0.370 e. The highest BCUT2D eigenvalue weighted by Crippen LogP contribution is 2.25. The first-order chi connectivity index (χ1) is 14.6. The third kappa shape index (κ3) is 7.17. The van der Waals surface area contributed by atoms with Gasteiger partial charge in [0.05, 0.1) is 25.3 Å². The van der Waals surface area contributed by atoms with Gasteiger partial charge >= 0.3 is 0 Å². The minimum atomic E-state index is -0.135. The van der Waals surface area contributed by atoms with Crippen LogP contribution in [0.2, 0.25) is 0 Å². The fourth-order valence-corrected chi connectivity index (χ4v) is 3.57. The number of ether oxygens (including phenoxy) is 1. The molecule has 31 heavy (non-hydrogen) atoms. The number of guanidine groups is 1. The second-order valence-electron chi connectivity index (χ2n) is 7.40. The van der Waals surface area contributed by atoms with Crippen molar-refractivity contribution >= 4 is 35.8 Å². The molecule has 1 aromatic heterocycles. The Morgan fingerprint density at radius 2 is 2.13 bits per heavy atom. The van der Waals surface area contributed by atoms with Crippen LogP contribution in [-0.4, -0.2) is 61.1 Å². The molecule has 0 saturated carbocycles. The number of morpholine rings is 1. The number of hydrogen-bond donors (Lipinski definition) is 2. The number of nitrogens with zero attached hydrogens (tertiary/aromatic N) is 3. The van der Waals surface area contributed by atoms with E-state index in [1.54, 1.807) is 24.5 Å². The van der Waals surface area contributed by atoms with Crippen molar-refractivity contribution in [3.05, 3.63) is 65.0 Å². The van der Waals surface area contributed by atoms with Crippen LogP contribution in [0.3, 0.4) is 0 Å². The first-order valence-electron chi connectivity index (χ1n) is 10.5. The van der Waals surface area contributed by atoms with E-state index in [1.165, 1.54) is 16.7 Å². The van der Waals surface area contributed by atoms with Crippen molar-refractivity contribution in [2.24, 2.45) is 4.99 Å². The van der Waals surface area contributed by atoms with Gasteiger partial charge in [-0.1, -0.05) is 23.8 Å². The Morgan fingerprint density at radius 3 is 2.84 bits per heavy atom. The van der Waals surface area contributed by atoms with Gasteiger partial charge in [-0.15, -0.1) is 24.0 Å². The Morgan fingerprint density at radius 1 is 1.29 bits per heavy atom. The Hall–Kier alpha value is -2.20. The standard InChI is InChI=1S/C23H31N5O2.HI/c1-4-25-23(27-11-10-26-22(29)19-6-5-9-24-15-19)28-12-13-30-21(16-28)20-8-7-17(2)14-18(20)3;/h5-9,14-15,21H,4,10-13,16H2,1-3H3,(H,25,27)(H,26,29);1H. The lowest BCUT2D eigenvalue weighted by Crippen LogP contribution is -2.48. The van der Waals surface area contributed by atoms with E-state index in [0.717, 1.165) is 25.6 Å². The molecule has 2 aromatic rings. The molecule has 168 valence electrons. The first kappa shape index (κ1) is 25.1. The average molecular weight is 537 g/mol. The van der Waals surface area contributed by atoms with Gasteiger partial charge in [-0.3, -0.25) is 14.8 Å². The SMILES string of the molecule is CCNC(=NCCNC(=O)c1cccnc1)N1CCOC(c2ccc(C)cc2C)C1.I. The zero-order valence-corrected chi connectivity index (χ0v) is 20.8. The average Bonchev–Trinajstić information content (AvgIpc) is 2.76. The van der Waals surface area contributed by atoms with Crippen molar-refractivity contribution in [3.63, 3.8) is 0 Å². The Balaban J connectivity index is 0.00000341. The zero-order valence-electron chi connectivity index (χ0n) is 18.4. The van der Waals surface area contributed by atoms with Crippen LogP contribution in [0.4, 0.5) is 0 Å². The number of pyridine rings is 1. The van der Waals surface area contributed by atoms with E-state index >= 15 is 0 Å². The molecule has 8 heteroatoms. The van der Waals surface area contributed by atoms with Crippen LogP contribution in [0.5, 0.6) is 0 Å². The van der Waals surface area contributed by atoms with Gasteiger partial charge in [-0.05, 0) is 44.0 Å². The number of hydrogen-bond acceptors (Lipinski definition) is 4. The second kappa shape index (κ2) is 12.6. The lowest BCUT2D eigenvalue weighted by atomic mass is 10.00. The summed E-state index contributed by atoms with van der Waals surface area (Å²) < 4.78 is 6.06. The van der Waals surface area contributed by atoms with Crippen LogP contribution in [0, 0.1) is 13.8 Å². The molecule has 0 aliphatic carbocycles. The van der Waals surface area contributed by atoms with Gasteiger partial charge in [0.2, 0.25) is 0 Å². The third-order valence-corrected chi connectivity index (χ3v) is 5.06. The summed E-state index contributed by atoms with van der Waals surface area (Å²) in [7, 11) is 0. The number of aromatic nitrogens is 1. The number of rotatable bonds is 6. The summed E-state index contributed by atoms with van der Waals surface area (Å²) in [5, 5.41) is 6.26. The number of amides is 1.